The molecule has 2 heterocycles. The number of nitrogens with zero attached hydrogens (tertiary/aromatic N) is 3. The summed E-state index contributed by atoms with van der Waals surface area (Å²) in [5.74, 6) is -0.237. The summed E-state index contributed by atoms with van der Waals surface area (Å²) in [6.07, 6.45) is 0.776. The summed E-state index contributed by atoms with van der Waals surface area (Å²) in [6.45, 7) is 5.24. The highest BCUT2D eigenvalue weighted by Gasteiger charge is 2.21. The maximum Gasteiger partial charge on any atom is 0.317 e. The van der Waals surface area contributed by atoms with Gasteiger partial charge in [-0.05, 0) is 55.7 Å². The predicted octanol–water partition coefficient (Wildman–Crippen LogP) is 4.27. The van der Waals surface area contributed by atoms with Gasteiger partial charge < -0.3 is 9.84 Å². The first-order valence-corrected chi connectivity index (χ1v) is 10.3. The molecule has 166 valence electrons. The summed E-state index contributed by atoms with van der Waals surface area (Å²) < 4.78 is 5.71. The number of rotatable bonds is 6. The summed E-state index contributed by atoms with van der Waals surface area (Å²) in [7, 11) is 0. The van der Waals surface area contributed by atoms with Crippen molar-refractivity contribution in [2.24, 2.45) is 0 Å². The number of hydrogen-bond acceptors (Lipinski definition) is 5. The lowest BCUT2D eigenvalue weighted by atomic mass is 9.92. The number of nitriles is 1. The number of benzene rings is 2. The Kier molecular flexibility index (Phi) is 7.18. The molecule has 0 saturated carbocycles. The topological polar surface area (TPSA) is 102 Å². The Hall–Kier alpha value is -3.34. The molecule has 2 aromatic carbocycles. The monoisotopic (exact) mass is 452 g/mol. The van der Waals surface area contributed by atoms with Crippen LogP contribution in [0.3, 0.4) is 0 Å². The summed E-state index contributed by atoms with van der Waals surface area (Å²) in [5.41, 5.74) is 6.41. The highest BCUT2D eigenvalue weighted by molar-refractivity contribution is 5.85. The summed E-state index contributed by atoms with van der Waals surface area (Å²) in [5, 5.41) is 26.2. The first kappa shape index (κ1) is 23.3. The zero-order valence-electron chi connectivity index (χ0n) is 18.0. The predicted molar refractivity (Wildman–Crippen MR) is 124 cm³/mol. The van der Waals surface area contributed by atoms with Gasteiger partial charge in [-0.2, -0.15) is 10.4 Å². The van der Waals surface area contributed by atoms with E-state index in [1.165, 1.54) is 5.56 Å². The number of nitrogens with one attached hydrogen (secondary N) is 1. The maximum absolute atomic E-state index is 11.0. The Balaban J connectivity index is 0.00000289. The van der Waals surface area contributed by atoms with Gasteiger partial charge in [0.15, 0.2) is 0 Å². The molecular formula is C24H25ClN4O3. The lowest BCUT2D eigenvalue weighted by Crippen LogP contribution is -2.34. The molecular weight excluding hydrogens is 428 g/mol. The van der Waals surface area contributed by atoms with Crippen molar-refractivity contribution in [3.63, 3.8) is 0 Å². The van der Waals surface area contributed by atoms with Gasteiger partial charge in [0.05, 0.1) is 29.6 Å². The van der Waals surface area contributed by atoms with E-state index in [2.05, 4.69) is 28.4 Å². The van der Waals surface area contributed by atoms with Crippen LogP contribution in [0.1, 0.15) is 30.5 Å². The fraction of sp³-hybridized carbons (Fsp3) is 0.292. The number of fused-ring (bicyclic) bond motifs is 1. The van der Waals surface area contributed by atoms with Crippen LogP contribution in [0.4, 0.5) is 0 Å². The number of hydrogen-bond donors (Lipinski definition) is 2. The van der Waals surface area contributed by atoms with E-state index in [-0.39, 0.29) is 25.1 Å². The van der Waals surface area contributed by atoms with Crippen LogP contribution in [0.25, 0.3) is 22.5 Å². The molecule has 0 atom stereocenters. The van der Waals surface area contributed by atoms with E-state index in [0.717, 1.165) is 34.5 Å². The van der Waals surface area contributed by atoms with Crippen LogP contribution in [0, 0.1) is 11.3 Å². The number of halogens is 1. The standard InChI is InChI=1S/C24H24N4O3.ClH/c1-15(2)31-23-7-6-16(10-18(23)12-25)21-11-22(27-26-21)20-5-3-4-17-13-28(14-24(29)30)9-8-19(17)20;/h3-7,10-11,15H,8-9,13-14H2,1-2H3,(H,26,27)(H,29,30);1H. The Morgan fingerprint density at radius 1 is 1.31 bits per heavy atom. The van der Waals surface area contributed by atoms with Crippen molar-refractivity contribution in [3.8, 4) is 34.3 Å². The van der Waals surface area contributed by atoms with Gasteiger partial charge in [-0.25, -0.2) is 0 Å². The van der Waals surface area contributed by atoms with Crippen molar-refractivity contribution in [1.82, 2.24) is 15.1 Å². The number of aliphatic carboxylic acids is 1. The Morgan fingerprint density at radius 3 is 2.84 bits per heavy atom. The van der Waals surface area contributed by atoms with E-state index < -0.39 is 5.97 Å². The third-order valence-electron chi connectivity index (χ3n) is 5.33. The molecule has 0 aliphatic carbocycles. The lowest BCUT2D eigenvalue weighted by molar-refractivity contribution is -0.138. The minimum Gasteiger partial charge on any atom is -0.490 e. The van der Waals surface area contributed by atoms with Gasteiger partial charge in [-0.1, -0.05) is 18.2 Å². The molecule has 0 saturated heterocycles. The molecule has 0 unspecified atom stereocenters. The molecule has 1 aliphatic rings. The van der Waals surface area contributed by atoms with Crippen LogP contribution >= 0.6 is 12.4 Å². The van der Waals surface area contributed by atoms with Crippen molar-refractivity contribution in [2.45, 2.75) is 32.9 Å². The van der Waals surface area contributed by atoms with E-state index in [4.69, 9.17) is 9.84 Å². The van der Waals surface area contributed by atoms with E-state index in [1.807, 2.05) is 43.0 Å². The average Bonchev–Trinajstić information content (AvgIpc) is 3.22. The quantitative estimate of drug-likeness (QED) is 0.579. The van der Waals surface area contributed by atoms with Gasteiger partial charge in [0, 0.05) is 24.2 Å². The Bertz CT molecular complexity index is 1170. The van der Waals surface area contributed by atoms with Gasteiger partial charge in [0.25, 0.3) is 0 Å². The van der Waals surface area contributed by atoms with Gasteiger partial charge in [0.2, 0.25) is 0 Å². The molecule has 0 radical (unpaired) electrons. The van der Waals surface area contributed by atoms with E-state index in [9.17, 15) is 10.1 Å². The Labute approximate surface area is 193 Å². The molecule has 0 spiro atoms. The fourth-order valence-corrected chi connectivity index (χ4v) is 3.99. The number of carbonyl (C=O) groups is 1. The third kappa shape index (κ3) is 4.93. The van der Waals surface area contributed by atoms with Crippen LogP contribution in [0.15, 0.2) is 42.5 Å². The fourth-order valence-electron chi connectivity index (χ4n) is 3.99. The molecule has 1 aliphatic heterocycles. The minimum absolute atomic E-state index is 0. The molecule has 3 aromatic rings. The highest BCUT2D eigenvalue weighted by Crippen LogP contribution is 2.32. The van der Waals surface area contributed by atoms with Gasteiger partial charge in [0.1, 0.15) is 11.8 Å². The van der Waals surface area contributed by atoms with Crippen molar-refractivity contribution in [1.29, 1.82) is 5.26 Å². The third-order valence-corrected chi connectivity index (χ3v) is 5.33. The number of carboxylic acid groups (broad SMARTS) is 1. The largest absolute Gasteiger partial charge is 0.490 e. The van der Waals surface area contributed by atoms with Gasteiger partial charge >= 0.3 is 5.97 Å². The lowest BCUT2D eigenvalue weighted by Gasteiger charge is -2.28. The summed E-state index contributed by atoms with van der Waals surface area (Å²) in [6, 6.07) is 15.8. The van der Waals surface area contributed by atoms with E-state index >= 15 is 0 Å². The molecule has 8 heteroatoms. The smallest absolute Gasteiger partial charge is 0.317 e. The van der Waals surface area contributed by atoms with Crippen LogP contribution in [-0.2, 0) is 17.8 Å². The number of carboxylic acids is 1. The van der Waals surface area contributed by atoms with E-state index in [0.29, 0.717) is 24.4 Å². The van der Waals surface area contributed by atoms with Gasteiger partial charge in [-0.15, -0.1) is 12.4 Å². The van der Waals surface area contributed by atoms with Crippen LogP contribution in [-0.4, -0.2) is 45.4 Å². The number of ether oxygens (including phenoxy) is 1. The van der Waals surface area contributed by atoms with Crippen molar-refractivity contribution in [3.05, 3.63) is 59.2 Å². The first-order chi connectivity index (χ1) is 14.9. The van der Waals surface area contributed by atoms with Crippen molar-refractivity contribution < 1.29 is 14.6 Å². The molecule has 0 fully saturated rings. The van der Waals surface area contributed by atoms with Crippen LogP contribution in [0.5, 0.6) is 5.75 Å². The highest BCUT2D eigenvalue weighted by atomic mass is 35.5. The van der Waals surface area contributed by atoms with Gasteiger partial charge in [-0.3, -0.25) is 14.8 Å². The second-order valence-electron chi connectivity index (χ2n) is 7.95. The molecule has 32 heavy (non-hydrogen) atoms. The summed E-state index contributed by atoms with van der Waals surface area (Å²) in [4.78, 5) is 13.0. The first-order valence-electron chi connectivity index (χ1n) is 10.3. The Morgan fingerprint density at radius 2 is 2.12 bits per heavy atom. The number of aromatic amines is 1. The maximum atomic E-state index is 11.0. The number of H-pyrrole nitrogens is 1. The van der Waals surface area contributed by atoms with Crippen molar-refractivity contribution >= 4 is 18.4 Å². The SMILES string of the molecule is CC(C)Oc1ccc(-c2cc(-c3cccc4c3CCN(CC(=O)O)C4)[nH]n2)cc1C#N.Cl. The summed E-state index contributed by atoms with van der Waals surface area (Å²) >= 11 is 0. The normalized spacial score (nSPS) is 13.2. The average molecular weight is 453 g/mol. The molecule has 4 rings (SSSR count). The molecule has 2 N–H and O–H groups in total. The molecule has 0 bridgehead atoms. The molecule has 1 aromatic heterocycles. The zero-order chi connectivity index (χ0) is 22.0. The zero-order valence-corrected chi connectivity index (χ0v) is 18.8. The number of aromatic nitrogens is 2. The second-order valence-corrected chi connectivity index (χ2v) is 7.95. The molecule has 0 amide bonds. The van der Waals surface area contributed by atoms with Crippen molar-refractivity contribution in [2.75, 3.05) is 13.1 Å². The van der Waals surface area contributed by atoms with Crippen LogP contribution in [0.2, 0.25) is 0 Å². The van der Waals surface area contributed by atoms with Crippen LogP contribution < -0.4 is 4.74 Å². The van der Waals surface area contributed by atoms with E-state index in [1.54, 1.807) is 6.07 Å². The second kappa shape index (κ2) is 9.86. The molecule has 7 nitrogen and oxygen atoms in total. The minimum atomic E-state index is -0.806.